The Morgan fingerprint density at radius 1 is 0.935 bits per heavy atom. The van der Waals surface area contributed by atoms with Crippen molar-refractivity contribution in [1.29, 1.82) is 0 Å². The number of rotatable bonds is 5. The molecule has 0 atom stereocenters. The number of aryl methyl sites for hydroxylation is 4. The molecule has 0 unspecified atom stereocenters. The largest absolute Gasteiger partial charge is 0.461 e. The number of carbonyl (C=O) groups is 1. The molecule has 160 valence electrons. The Labute approximate surface area is 185 Å². The highest BCUT2D eigenvalue weighted by Gasteiger charge is 2.20. The zero-order chi connectivity index (χ0) is 22.3. The van der Waals surface area contributed by atoms with Crippen molar-refractivity contribution >= 4 is 39.4 Å². The topological polar surface area (TPSA) is 72.5 Å². The lowest BCUT2D eigenvalue weighted by atomic mass is 9.98. The van der Waals surface area contributed by atoms with Gasteiger partial charge in [0.15, 0.2) is 0 Å². The first-order valence-electron chi connectivity index (χ1n) is 10.2. The smallest absolute Gasteiger partial charge is 0.340 e. The first-order chi connectivity index (χ1) is 14.8. The van der Waals surface area contributed by atoms with Gasteiger partial charge in [-0.1, -0.05) is 23.7 Å². The quantitative estimate of drug-likeness (QED) is 0.428. The van der Waals surface area contributed by atoms with Crippen LogP contribution in [0, 0.1) is 27.7 Å². The van der Waals surface area contributed by atoms with Crippen molar-refractivity contribution < 1.29 is 13.6 Å². The Bertz CT molecular complexity index is 1360. The molecule has 2 heterocycles. The lowest BCUT2D eigenvalue weighted by Crippen LogP contribution is -2.29. The molecular weight excluding hydrogens is 414 g/mol. The van der Waals surface area contributed by atoms with Gasteiger partial charge in [0.05, 0.1) is 12.0 Å². The number of amides is 1. The number of furan rings is 1. The summed E-state index contributed by atoms with van der Waals surface area (Å²) < 4.78 is 11.5. The lowest BCUT2D eigenvalue weighted by molar-refractivity contribution is -0.120. The molecule has 1 amide bonds. The highest BCUT2D eigenvalue weighted by molar-refractivity contribution is 6.30. The molecule has 0 radical (unpaired) electrons. The molecule has 31 heavy (non-hydrogen) atoms. The third-order valence-corrected chi connectivity index (χ3v) is 6.18. The number of carbonyl (C=O) groups excluding carboxylic acids is 1. The molecule has 2 aromatic carbocycles. The number of hydrogen-bond donors (Lipinski definition) is 1. The summed E-state index contributed by atoms with van der Waals surface area (Å²) in [6, 6.07) is 9.50. The number of benzene rings is 2. The van der Waals surface area contributed by atoms with Crippen LogP contribution in [0.5, 0.6) is 0 Å². The standard InChI is InChI=1S/C25H24ClNO4/c1-13-16(4)30-23-15(3)24-20(11-19(13)23)14(2)21(25(29)31-24)12-22(28)27-10-9-17-5-7-18(26)8-6-17/h5-8,11H,9-10,12H2,1-4H3,(H,27,28). The van der Waals surface area contributed by atoms with E-state index in [4.69, 9.17) is 20.4 Å². The van der Waals surface area contributed by atoms with Gasteiger partial charge in [0.25, 0.3) is 0 Å². The summed E-state index contributed by atoms with van der Waals surface area (Å²) in [6.45, 7) is 8.16. The molecule has 4 rings (SSSR count). The molecule has 0 bridgehead atoms. The minimum absolute atomic E-state index is 0.0226. The van der Waals surface area contributed by atoms with E-state index in [0.29, 0.717) is 29.1 Å². The average Bonchev–Trinajstić information content (AvgIpc) is 3.02. The second-order valence-corrected chi connectivity index (χ2v) is 8.37. The summed E-state index contributed by atoms with van der Waals surface area (Å²) in [5, 5.41) is 5.39. The number of hydrogen-bond acceptors (Lipinski definition) is 4. The summed E-state index contributed by atoms with van der Waals surface area (Å²) in [4.78, 5) is 25.2. The van der Waals surface area contributed by atoms with E-state index >= 15 is 0 Å². The van der Waals surface area contributed by atoms with Gasteiger partial charge in [-0.3, -0.25) is 4.79 Å². The average molecular weight is 438 g/mol. The van der Waals surface area contributed by atoms with Gasteiger partial charge >= 0.3 is 5.63 Å². The minimum atomic E-state index is -0.486. The fourth-order valence-electron chi connectivity index (χ4n) is 3.92. The van der Waals surface area contributed by atoms with Gasteiger partial charge in [-0.2, -0.15) is 0 Å². The Hall–Kier alpha value is -3.05. The number of nitrogens with one attached hydrogen (secondary N) is 1. The molecule has 0 fully saturated rings. The third kappa shape index (κ3) is 3.98. The van der Waals surface area contributed by atoms with Crippen LogP contribution < -0.4 is 10.9 Å². The monoisotopic (exact) mass is 437 g/mol. The lowest BCUT2D eigenvalue weighted by Gasteiger charge is -2.10. The zero-order valence-electron chi connectivity index (χ0n) is 18.0. The van der Waals surface area contributed by atoms with Crippen molar-refractivity contribution in [2.24, 2.45) is 0 Å². The fourth-order valence-corrected chi connectivity index (χ4v) is 4.04. The maximum atomic E-state index is 12.7. The molecule has 2 aromatic heterocycles. The van der Waals surface area contributed by atoms with Crippen LogP contribution in [0.2, 0.25) is 5.02 Å². The van der Waals surface area contributed by atoms with Crippen molar-refractivity contribution in [1.82, 2.24) is 5.32 Å². The molecule has 1 N–H and O–H groups in total. The van der Waals surface area contributed by atoms with Crippen LogP contribution in [0.1, 0.15) is 33.6 Å². The second-order valence-electron chi connectivity index (χ2n) is 7.93. The number of halogens is 1. The van der Waals surface area contributed by atoms with Crippen molar-refractivity contribution in [3.8, 4) is 0 Å². The predicted molar refractivity (Wildman–Crippen MR) is 123 cm³/mol. The van der Waals surface area contributed by atoms with Gasteiger partial charge in [0.1, 0.15) is 16.9 Å². The first kappa shape index (κ1) is 21.2. The maximum Gasteiger partial charge on any atom is 0.340 e. The van der Waals surface area contributed by atoms with Crippen molar-refractivity contribution in [3.63, 3.8) is 0 Å². The maximum absolute atomic E-state index is 12.7. The molecule has 5 nitrogen and oxygen atoms in total. The van der Waals surface area contributed by atoms with E-state index in [9.17, 15) is 9.59 Å². The van der Waals surface area contributed by atoms with Crippen molar-refractivity contribution in [2.75, 3.05) is 6.54 Å². The summed E-state index contributed by atoms with van der Waals surface area (Å²) in [7, 11) is 0. The van der Waals surface area contributed by atoms with Gasteiger partial charge in [-0.05, 0) is 69.0 Å². The molecule has 0 aliphatic carbocycles. The highest BCUT2D eigenvalue weighted by Crippen LogP contribution is 2.34. The first-order valence-corrected chi connectivity index (χ1v) is 10.6. The summed E-state index contributed by atoms with van der Waals surface area (Å²) in [5.41, 5.74) is 4.84. The van der Waals surface area contributed by atoms with Gasteiger partial charge in [-0.25, -0.2) is 4.79 Å². The Balaban J connectivity index is 1.59. The van der Waals surface area contributed by atoms with E-state index < -0.39 is 5.63 Å². The molecule has 0 aliphatic rings. The second kappa shape index (κ2) is 8.23. The van der Waals surface area contributed by atoms with E-state index in [1.165, 1.54) is 0 Å². The zero-order valence-corrected chi connectivity index (χ0v) is 18.8. The van der Waals surface area contributed by atoms with Crippen LogP contribution in [0.25, 0.3) is 21.9 Å². The van der Waals surface area contributed by atoms with Crippen LogP contribution >= 0.6 is 11.6 Å². The van der Waals surface area contributed by atoms with Crippen molar-refractivity contribution in [3.05, 3.63) is 79.4 Å². The van der Waals surface area contributed by atoms with Crippen LogP contribution in [-0.2, 0) is 17.6 Å². The van der Waals surface area contributed by atoms with Crippen LogP contribution in [-0.4, -0.2) is 12.5 Å². The Morgan fingerprint density at radius 2 is 1.58 bits per heavy atom. The summed E-state index contributed by atoms with van der Waals surface area (Å²) >= 11 is 5.90. The summed E-state index contributed by atoms with van der Waals surface area (Å²) in [5.74, 6) is 0.630. The van der Waals surface area contributed by atoms with Gasteiger partial charge in [-0.15, -0.1) is 0 Å². The Kier molecular flexibility index (Phi) is 5.63. The molecule has 0 saturated heterocycles. The summed E-state index contributed by atoms with van der Waals surface area (Å²) in [6.07, 6.45) is 0.662. The van der Waals surface area contributed by atoms with E-state index in [1.54, 1.807) is 0 Å². The molecule has 0 saturated carbocycles. The minimum Gasteiger partial charge on any atom is -0.461 e. The third-order valence-electron chi connectivity index (χ3n) is 5.93. The van der Waals surface area contributed by atoms with Crippen LogP contribution in [0.15, 0.2) is 44.0 Å². The fraction of sp³-hybridized carbons (Fsp3) is 0.280. The van der Waals surface area contributed by atoms with Gasteiger partial charge in [0.2, 0.25) is 5.91 Å². The highest BCUT2D eigenvalue weighted by atomic mass is 35.5. The van der Waals surface area contributed by atoms with Gasteiger partial charge < -0.3 is 14.2 Å². The molecule has 6 heteroatoms. The Morgan fingerprint density at radius 3 is 2.29 bits per heavy atom. The van der Waals surface area contributed by atoms with E-state index in [2.05, 4.69) is 5.32 Å². The molecule has 0 spiro atoms. The van der Waals surface area contributed by atoms with Crippen LogP contribution in [0.3, 0.4) is 0 Å². The van der Waals surface area contributed by atoms with E-state index in [0.717, 1.165) is 44.4 Å². The molecular formula is C25H24ClNO4. The van der Waals surface area contributed by atoms with E-state index in [1.807, 2.05) is 58.0 Å². The SMILES string of the molecule is Cc1oc2c(C)c3oc(=O)c(CC(=O)NCCc4ccc(Cl)cc4)c(C)c3cc2c1C. The number of fused-ring (bicyclic) bond motifs is 2. The normalized spacial score (nSPS) is 11.4. The molecule has 0 aliphatic heterocycles. The van der Waals surface area contributed by atoms with Crippen LogP contribution in [0.4, 0.5) is 0 Å². The van der Waals surface area contributed by atoms with Gasteiger partial charge in [0, 0.05) is 27.9 Å². The molecule has 4 aromatic rings. The predicted octanol–water partition coefficient (Wildman–Crippen LogP) is 5.33. The van der Waals surface area contributed by atoms with E-state index in [-0.39, 0.29) is 12.3 Å². The van der Waals surface area contributed by atoms with Crippen molar-refractivity contribution in [2.45, 2.75) is 40.5 Å².